The zero-order valence-corrected chi connectivity index (χ0v) is 15.5. The number of hydrogen-bond donors (Lipinski definition) is 1. The maximum Gasteiger partial charge on any atom is 0.216 e. The van der Waals surface area contributed by atoms with Crippen LogP contribution in [-0.4, -0.2) is 37.1 Å². The molecule has 0 spiro atoms. The molecule has 0 aromatic heterocycles. The Hall–Kier alpha value is -1.42. The monoisotopic (exact) mass is 349 g/mol. The normalized spacial score (nSPS) is 22.5. The van der Waals surface area contributed by atoms with Crippen molar-refractivity contribution < 1.29 is 8.42 Å². The molecular weight excluding hydrogens is 322 g/mol. The van der Waals surface area contributed by atoms with Gasteiger partial charge in [-0.15, -0.1) is 0 Å². The van der Waals surface area contributed by atoms with Crippen molar-refractivity contribution in [1.29, 1.82) is 5.26 Å². The van der Waals surface area contributed by atoms with Crippen molar-refractivity contribution in [1.82, 2.24) is 9.62 Å². The van der Waals surface area contributed by atoms with Gasteiger partial charge in [-0.2, -0.15) is 5.26 Å². The minimum absolute atomic E-state index is 0.323. The molecule has 132 valence electrons. The summed E-state index contributed by atoms with van der Waals surface area (Å²) in [6.07, 6.45) is 1.79. The summed E-state index contributed by atoms with van der Waals surface area (Å²) in [6.45, 7) is 7.53. The second-order valence-electron chi connectivity index (χ2n) is 6.70. The van der Waals surface area contributed by atoms with Gasteiger partial charge in [0.25, 0.3) is 0 Å². The molecule has 2 rings (SSSR count). The first-order valence-corrected chi connectivity index (χ1v) is 10.1. The van der Waals surface area contributed by atoms with Gasteiger partial charge in [0.05, 0.1) is 16.9 Å². The van der Waals surface area contributed by atoms with Gasteiger partial charge in [0, 0.05) is 25.7 Å². The number of piperidine rings is 1. The number of sulfonamides is 1. The molecule has 0 bridgehead atoms. The molecule has 0 unspecified atom stereocenters. The first-order valence-electron chi connectivity index (χ1n) is 8.59. The van der Waals surface area contributed by atoms with Crippen molar-refractivity contribution in [3.05, 3.63) is 35.4 Å². The molecule has 2 atom stereocenters. The lowest BCUT2D eigenvalue weighted by molar-refractivity contribution is 0.200. The molecule has 6 heteroatoms. The van der Waals surface area contributed by atoms with E-state index in [1.165, 1.54) is 0 Å². The Morgan fingerprint density at radius 2 is 2.00 bits per heavy atom. The number of nitrogens with one attached hydrogen (secondary N) is 1. The first kappa shape index (κ1) is 18.9. The number of rotatable bonds is 6. The van der Waals surface area contributed by atoms with Gasteiger partial charge in [-0.1, -0.05) is 25.5 Å². The SMILES string of the molecule is CC[C@H]1CN(S(=O)(=O)C(C)C)CC[C@H]1NCc1ccc(C#N)cc1. The fourth-order valence-corrected chi connectivity index (χ4v) is 4.51. The summed E-state index contributed by atoms with van der Waals surface area (Å²) < 4.78 is 26.4. The van der Waals surface area contributed by atoms with Crippen molar-refractivity contribution in [2.75, 3.05) is 13.1 Å². The van der Waals surface area contributed by atoms with Crippen LogP contribution in [0.4, 0.5) is 0 Å². The standard InChI is InChI=1S/C18H27N3O2S/c1-4-17-13-21(24(22,23)14(2)3)10-9-18(17)20-12-16-7-5-15(11-19)6-8-16/h5-8,14,17-18,20H,4,9-10,12-13H2,1-3H3/t17-,18+/m0/s1. The molecule has 1 aromatic carbocycles. The van der Waals surface area contributed by atoms with Gasteiger partial charge < -0.3 is 5.32 Å². The smallest absolute Gasteiger partial charge is 0.216 e. The summed E-state index contributed by atoms with van der Waals surface area (Å²) in [6, 6.07) is 10.0. The third-order valence-corrected chi connectivity index (χ3v) is 7.07. The number of hydrogen-bond acceptors (Lipinski definition) is 4. The van der Waals surface area contributed by atoms with E-state index in [-0.39, 0.29) is 5.25 Å². The molecular formula is C18H27N3O2S. The van der Waals surface area contributed by atoms with Crippen LogP contribution < -0.4 is 5.32 Å². The summed E-state index contributed by atoms with van der Waals surface area (Å²) in [5.41, 5.74) is 1.80. The minimum Gasteiger partial charge on any atom is -0.310 e. The number of benzene rings is 1. The predicted octanol–water partition coefficient (Wildman–Crippen LogP) is 2.49. The van der Waals surface area contributed by atoms with E-state index in [4.69, 9.17) is 5.26 Å². The summed E-state index contributed by atoms with van der Waals surface area (Å²) in [4.78, 5) is 0. The van der Waals surface area contributed by atoms with Crippen molar-refractivity contribution >= 4 is 10.0 Å². The van der Waals surface area contributed by atoms with Crippen LogP contribution in [-0.2, 0) is 16.6 Å². The zero-order chi connectivity index (χ0) is 17.7. The van der Waals surface area contributed by atoms with Crippen LogP contribution in [0.5, 0.6) is 0 Å². The van der Waals surface area contributed by atoms with E-state index < -0.39 is 10.0 Å². The third-order valence-electron chi connectivity index (χ3n) is 4.83. The minimum atomic E-state index is -3.17. The molecule has 0 aliphatic carbocycles. The highest BCUT2D eigenvalue weighted by Crippen LogP contribution is 2.24. The highest BCUT2D eigenvalue weighted by molar-refractivity contribution is 7.89. The molecule has 1 saturated heterocycles. The Kier molecular flexibility index (Phi) is 6.39. The van der Waals surface area contributed by atoms with Gasteiger partial charge in [-0.05, 0) is 43.9 Å². The van der Waals surface area contributed by atoms with Crippen LogP contribution in [0.3, 0.4) is 0 Å². The average molecular weight is 350 g/mol. The van der Waals surface area contributed by atoms with Crippen LogP contribution in [0.2, 0.25) is 0 Å². The second kappa shape index (κ2) is 8.11. The van der Waals surface area contributed by atoms with E-state index in [1.807, 2.05) is 24.3 Å². The van der Waals surface area contributed by atoms with Crippen LogP contribution >= 0.6 is 0 Å². The van der Waals surface area contributed by atoms with Crippen molar-refractivity contribution in [3.63, 3.8) is 0 Å². The largest absolute Gasteiger partial charge is 0.310 e. The van der Waals surface area contributed by atoms with Gasteiger partial charge in [0.1, 0.15) is 0 Å². The van der Waals surface area contributed by atoms with Crippen molar-refractivity contribution in [2.45, 2.75) is 51.4 Å². The topological polar surface area (TPSA) is 73.2 Å². The molecule has 1 N–H and O–H groups in total. The fraction of sp³-hybridized carbons (Fsp3) is 0.611. The van der Waals surface area contributed by atoms with Crippen molar-refractivity contribution in [2.24, 2.45) is 5.92 Å². The van der Waals surface area contributed by atoms with Crippen LogP contribution in [0.25, 0.3) is 0 Å². The molecule has 0 radical (unpaired) electrons. The summed E-state index contributed by atoms with van der Waals surface area (Å²) in [5, 5.41) is 12.0. The first-order chi connectivity index (χ1) is 11.4. The third kappa shape index (κ3) is 4.35. The van der Waals surface area contributed by atoms with Crippen molar-refractivity contribution in [3.8, 4) is 6.07 Å². The average Bonchev–Trinajstić information content (AvgIpc) is 2.60. The van der Waals surface area contributed by atoms with Gasteiger partial charge >= 0.3 is 0 Å². The molecule has 1 fully saturated rings. The second-order valence-corrected chi connectivity index (χ2v) is 9.19. The lowest BCUT2D eigenvalue weighted by Crippen LogP contribution is -2.51. The van der Waals surface area contributed by atoms with E-state index in [0.29, 0.717) is 30.6 Å². The molecule has 1 aliphatic rings. The summed E-state index contributed by atoms with van der Waals surface area (Å²) >= 11 is 0. The van der Waals surface area contributed by atoms with Gasteiger partial charge in [0.15, 0.2) is 0 Å². The Morgan fingerprint density at radius 1 is 1.33 bits per heavy atom. The molecule has 1 heterocycles. The molecule has 0 amide bonds. The predicted molar refractivity (Wildman–Crippen MR) is 95.8 cm³/mol. The van der Waals surface area contributed by atoms with E-state index in [0.717, 1.165) is 24.9 Å². The molecule has 1 aromatic rings. The Bertz CT molecular complexity index is 677. The highest BCUT2D eigenvalue weighted by Gasteiger charge is 2.34. The summed E-state index contributed by atoms with van der Waals surface area (Å²) in [7, 11) is -3.17. The lowest BCUT2D eigenvalue weighted by Gasteiger charge is -2.38. The maximum absolute atomic E-state index is 12.4. The van der Waals surface area contributed by atoms with E-state index in [2.05, 4.69) is 18.3 Å². The molecule has 24 heavy (non-hydrogen) atoms. The zero-order valence-electron chi connectivity index (χ0n) is 14.7. The Balaban J connectivity index is 1.96. The summed E-state index contributed by atoms with van der Waals surface area (Å²) in [5.74, 6) is 0.325. The Labute approximate surface area is 145 Å². The number of nitriles is 1. The molecule has 1 aliphatic heterocycles. The van der Waals surface area contributed by atoms with Gasteiger partial charge in [-0.3, -0.25) is 0 Å². The number of nitrogens with zero attached hydrogens (tertiary/aromatic N) is 2. The fourth-order valence-electron chi connectivity index (χ4n) is 3.16. The maximum atomic E-state index is 12.4. The van der Waals surface area contributed by atoms with Gasteiger partial charge in [-0.25, -0.2) is 12.7 Å². The van der Waals surface area contributed by atoms with Gasteiger partial charge in [0.2, 0.25) is 10.0 Å². The van der Waals surface area contributed by atoms with Crippen LogP contribution in [0.1, 0.15) is 44.7 Å². The molecule has 0 saturated carbocycles. The Morgan fingerprint density at radius 3 is 2.54 bits per heavy atom. The van der Waals surface area contributed by atoms with E-state index in [1.54, 1.807) is 18.2 Å². The molecule has 5 nitrogen and oxygen atoms in total. The highest BCUT2D eigenvalue weighted by atomic mass is 32.2. The quantitative estimate of drug-likeness (QED) is 0.856. The van der Waals surface area contributed by atoms with E-state index in [9.17, 15) is 8.42 Å². The van der Waals surface area contributed by atoms with Crippen LogP contribution in [0, 0.1) is 17.2 Å². The van der Waals surface area contributed by atoms with E-state index >= 15 is 0 Å². The van der Waals surface area contributed by atoms with Crippen LogP contribution in [0.15, 0.2) is 24.3 Å². The lowest BCUT2D eigenvalue weighted by atomic mass is 9.91.